The van der Waals surface area contributed by atoms with Gasteiger partial charge in [0.2, 0.25) is 0 Å². The standard InChI is InChI=1S/C19H23N3OS/c1-12(18-20-9-10-24-18)11-22(2)19(23)21-17-15-8-7-13-5-3-4-6-14(13)16(15)17/h3-6,9-10,12,15-17H,7-8,11H2,1-2H3,(H,21,23)/t12-,15+,16-,17-/m1/s1. The molecule has 1 fully saturated rings. The van der Waals surface area contributed by atoms with Crippen molar-refractivity contribution in [2.24, 2.45) is 5.92 Å². The van der Waals surface area contributed by atoms with E-state index in [1.165, 1.54) is 17.5 Å². The van der Waals surface area contributed by atoms with Crippen LogP contribution in [0.3, 0.4) is 0 Å². The number of carbonyl (C=O) groups excluding carboxylic acids is 1. The lowest BCUT2D eigenvalue weighted by molar-refractivity contribution is 0.205. The van der Waals surface area contributed by atoms with Crippen LogP contribution in [0.2, 0.25) is 0 Å². The number of aromatic nitrogens is 1. The Morgan fingerprint density at radius 2 is 2.29 bits per heavy atom. The number of benzene rings is 1. The Hall–Kier alpha value is -1.88. The summed E-state index contributed by atoms with van der Waals surface area (Å²) in [6, 6.07) is 9.02. The molecule has 0 saturated heterocycles. The van der Waals surface area contributed by atoms with E-state index in [4.69, 9.17) is 0 Å². The average Bonchev–Trinajstić information content (AvgIpc) is 3.03. The number of hydrogen-bond acceptors (Lipinski definition) is 3. The van der Waals surface area contributed by atoms with Crippen molar-refractivity contribution in [2.75, 3.05) is 13.6 Å². The van der Waals surface area contributed by atoms with Crippen molar-refractivity contribution in [3.63, 3.8) is 0 Å². The zero-order valence-electron chi connectivity index (χ0n) is 14.1. The molecule has 4 atom stereocenters. The van der Waals surface area contributed by atoms with Gasteiger partial charge in [0.15, 0.2) is 0 Å². The quantitative estimate of drug-likeness (QED) is 0.923. The molecular formula is C19H23N3OS. The van der Waals surface area contributed by atoms with Gasteiger partial charge >= 0.3 is 6.03 Å². The van der Waals surface area contributed by atoms with Crippen LogP contribution in [-0.2, 0) is 6.42 Å². The summed E-state index contributed by atoms with van der Waals surface area (Å²) in [6.45, 7) is 2.81. The molecule has 4 rings (SSSR count). The predicted octanol–water partition coefficient (Wildman–Crippen LogP) is 3.62. The molecule has 2 aliphatic carbocycles. The summed E-state index contributed by atoms with van der Waals surface area (Å²) < 4.78 is 0. The van der Waals surface area contributed by atoms with Crippen LogP contribution in [0.25, 0.3) is 0 Å². The molecule has 5 heteroatoms. The molecule has 1 aromatic heterocycles. The van der Waals surface area contributed by atoms with Crippen molar-refractivity contribution >= 4 is 17.4 Å². The number of rotatable bonds is 4. The second kappa shape index (κ2) is 6.20. The molecule has 1 heterocycles. The fourth-order valence-corrected chi connectivity index (χ4v) is 4.76. The van der Waals surface area contributed by atoms with Crippen LogP contribution in [0.5, 0.6) is 0 Å². The van der Waals surface area contributed by atoms with E-state index in [2.05, 4.69) is 41.5 Å². The van der Waals surface area contributed by atoms with E-state index < -0.39 is 0 Å². The largest absolute Gasteiger partial charge is 0.334 e. The Morgan fingerprint density at radius 1 is 1.46 bits per heavy atom. The van der Waals surface area contributed by atoms with Gasteiger partial charge < -0.3 is 10.2 Å². The van der Waals surface area contributed by atoms with E-state index in [0.29, 0.717) is 24.4 Å². The Kier molecular flexibility index (Phi) is 4.04. The van der Waals surface area contributed by atoms with E-state index >= 15 is 0 Å². The maximum atomic E-state index is 12.6. The molecule has 0 aliphatic heterocycles. The topological polar surface area (TPSA) is 45.2 Å². The number of fused-ring (bicyclic) bond motifs is 3. The molecule has 1 N–H and O–H groups in total. The summed E-state index contributed by atoms with van der Waals surface area (Å²) in [5.74, 6) is 1.40. The summed E-state index contributed by atoms with van der Waals surface area (Å²) in [5, 5.41) is 6.33. The lowest BCUT2D eigenvalue weighted by Crippen LogP contribution is -2.40. The molecule has 1 aromatic carbocycles. The first kappa shape index (κ1) is 15.6. The van der Waals surface area contributed by atoms with Crippen LogP contribution in [-0.4, -0.2) is 35.5 Å². The van der Waals surface area contributed by atoms with Gasteiger partial charge in [0, 0.05) is 43.0 Å². The molecular weight excluding hydrogens is 318 g/mol. The van der Waals surface area contributed by atoms with E-state index in [1.807, 2.05) is 18.6 Å². The van der Waals surface area contributed by atoms with Crippen molar-refractivity contribution < 1.29 is 4.79 Å². The second-order valence-electron chi connectivity index (χ2n) is 7.05. The summed E-state index contributed by atoms with van der Waals surface area (Å²) in [7, 11) is 1.87. The number of nitrogens with one attached hydrogen (secondary N) is 1. The first-order valence-electron chi connectivity index (χ1n) is 8.64. The third-order valence-corrected chi connectivity index (χ3v) is 6.39. The summed E-state index contributed by atoms with van der Waals surface area (Å²) in [4.78, 5) is 18.7. The first-order valence-corrected chi connectivity index (χ1v) is 9.52. The predicted molar refractivity (Wildman–Crippen MR) is 96.5 cm³/mol. The SMILES string of the molecule is C[C@H](CN(C)C(=O)N[C@@H]1[C@H]2CCc3ccccc3[C@H]21)c1nccs1. The molecule has 4 nitrogen and oxygen atoms in total. The van der Waals surface area contributed by atoms with Crippen LogP contribution in [0, 0.1) is 5.92 Å². The fourth-order valence-electron chi connectivity index (χ4n) is 4.07. The maximum Gasteiger partial charge on any atom is 0.317 e. The van der Waals surface area contributed by atoms with Crippen molar-refractivity contribution in [2.45, 2.75) is 37.6 Å². The smallest absolute Gasteiger partial charge is 0.317 e. The van der Waals surface area contributed by atoms with Gasteiger partial charge in [0.25, 0.3) is 0 Å². The molecule has 0 bridgehead atoms. The van der Waals surface area contributed by atoms with Crippen molar-refractivity contribution in [1.29, 1.82) is 0 Å². The number of urea groups is 1. The number of carbonyl (C=O) groups is 1. The minimum Gasteiger partial charge on any atom is -0.334 e. The molecule has 126 valence electrons. The Morgan fingerprint density at radius 3 is 3.08 bits per heavy atom. The first-order chi connectivity index (χ1) is 11.6. The van der Waals surface area contributed by atoms with Crippen LogP contribution in [0.4, 0.5) is 4.79 Å². The number of aryl methyl sites for hydroxylation is 1. The summed E-state index contributed by atoms with van der Waals surface area (Å²) in [6.07, 6.45) is 4.15. The summed E-state index contributed by atoms with van der Waals surface area (Å²) >= 11 is 1.65. The van der Waals surface area contributed by atoms with Gasteiger partial charge in [-0.05, 0) is 29.9 Å². The van der Waals surface area contributed by atoms with Crippen LogP contribution in [0.15, 0.2) is 35.8 Å². The fraction of sp³-hybridized carbons (Fsp3) is 0.474. The second-order valence-corrected chi connectivity index (χ2v) is 7.98. The average molecular weight is 341 g/mol. The molecule has 24 heavy (non-hydrogen) atoms. The highest BCUT2D eigenvalue weighted by Crippen LogP contribution is 2.54. The van der Waals surface area contributed by atoms with Gasteiger partial charge in [0.05, 0.1) is 5.01 Å². The summed E-state index contributed by atoms with van der Waals surface area (Å²) in [5.41, 5.74) is 2.90. The minimum atomic E-state index is 0.0373. The van der Waals surface area contributed by atoms with E-state index in [1.54, 1.807) is 16.2 Å². The van der Waals surface area contributed by atoms with Gasteiger partial charge in [-0.15, -0.1) is 11.3 Å². The van der Waals surface area contributed by atoms with E-state index in [0.717, 1.165) is 11.4 Å². The molecule has 0 spiro atoms. The normalized spacial score (nSPS) is 25.3. The third-order valence-electron chi connectivity index (χ3n) is 5.39. The van der Waals surface area contributed by atoms with Crippen molar-refractivity contribution in [3.8, 4) is 0 Å². The molecule has 2 aromatic rings. The Bertz CT molecular complexity index is 730. The number of amides is 2. The number of nitrogens with zero attached hydrogens (tertiary/aromatic N) is 2. The lowest BCUT2D eigenvalue weighted by Gasteiger charge is -2.21. The van der Waals surface area contributed by atoms with E-state index in [9.17, 15) is 4.79 Å². The van der Waals surface area contributed by atoms with Crippen LogP contribution in [0.1, 0.15) is 41.3 Å². The van der Waals surface area contributed by atoms with Crippen LogP contribution >= 0.6 is 11.3 Å². The van der Waals surface area contributed by atoms with Gasteiger partial charge in [-0.25, -0.2) is 9.78 Å². The van der Waals surface area contributed by atoms with Gasteiger partial charge in [-0.3, -0.25) is 0 Å². The zero-order valence-corrected chi connectivity index (χ0v) is 14.9. The van der Waals surface area contributed by atoms with Crippen molar-refractivity contribution in [3.05, 3.63) is 52.0 Å². The molecule has 2 amide bonds. The molecule has 0 unspecified atom stereocenters. The Labute approximate surface area is 146 Å². The number of hydrogen-bond donors (Lipinski definition) is 1. The van der Waals surface area contributed by atoms with Gasteiger partial charge in [-0.1, -0.05) is 31.2 Å². The number of thiazole rings is 1. The highest BCUT2D eigenvalue weighted by Gasteiger charge is 2.54. The maximum absolute atomic E-state index is 12.6. The number of likely N-dealkylation sites (N-methyl/N-ethyl adjacent to an activating group) is 1. The van der Waals surface area contributed by atoms with Crippen LogP contribution < -0.4 is 5.32 Å². The lowest BCUT2D eigenvalue weighted by atomic mass is 9.92. The molecule has 2 aliphatic rings. The Balaban J connectivity index is 1.36. The highest BCUT2D eigenvalue weighted by molar-refractivity contribution is 7.09. The van der Waals surface area contributed by atoms with E-state index in [-0.39, 0.29) is 11.9 Å². The van der Waals surface area contributed by atoms with Crippen molar-refractivity contribution in [1.82, 2.24) is 15.2 Å². The zero-order chi connectivity index (χ0) is 16.7. The van der Waals surface area contributed by atoms with Gasteiger partial charge in [0.1, 0.15) is 0 Å². The van der Waals surface area contributed by atoms with Gasteiger partial charge in [-0.2, -0.15) is 0 Å². The monoisotopic (exact) mass is 341 g/mol. The molecule has 0 radical (unpaired) electrons. The third kappa shape index (κ3) is 2.81. The molecule has 1 saturated carbocycles. The highest BCUT2D eigenvalue weighted by atomic mass is 32.1. The minimum absolute atomic E-state index is 0.0373.